The molecule has 5 heteroatoms. The van der Waals surface area contributed by atoms with Gasteiger partial charge in [-0.15, -0.1) is 0 Å². The molecule has 0 aromatic carbocycles. The smallest absolute Gasteiger partial charge is 0.0795 e. The highest BCUT2D eigenvalue weighted by molar-refractivity contribution is 5.10. The predicted octanol–water partition coefficient (Wildman–Crippen LogP) is 1.44. The first kappa shape index (κ1) is 11.9. The van der Waals surface area contributed by atoms with Gasteiger partial charge < -0.3 is 5.73 Å². The lowest BCUT2D eigenvalue weighted by atomic mass is 10.1. The van der Waals surface area contributed by atoms with Crippen molar-refractivity contribution in [1.29, 1.82) is 0 Å². The summed E-state index contributed by atoms with van der Waals surface area (Å²) in [5.41, 5.74) is 8.02. The van der Waals surface area contributed by atoms with Crippen molar-refractivity contribution in [3.05, 3.63) is 35.9 Å². The Balaban J connectivity index is 2.05. The molecule has 0 bridgehead atoms. The summed E-state index contributed by atoms with van der Waals surface area (Å²) in [5, 5.41) is 8.79. The van der Waals surface area contributed by atoms with Crippen molar-refractivity contribution in [2.75, 3.05) is 0 Å². The van der Waals surface area contributed by atoms with Crippen molar-refractivity contribution in [2.24, 2.45) is 12.8 Å². The van der Waals surface area contributed by atoms with Gasteiger partial charge in [-0.05, 0) is 26.0 Å². The summed E-state index contributed by atoms with van der Waals surface area (Å²) in [5.74, 6) is 0. The maximum Gasteiger partial charge on any atom is 0.0795 e. The molecule has 2 heterocycles. The molecule has 2 aromatic heterocycles. The van der Waals surface area contributed by atoms with Crippen LogP contribution in [0.15, 0.2) is 24.5 Å². The zero-order chi connectivity index (χ0) is 12.4. The average molecular weight is 233 g/mol. The maximum atomic E-state index is 6.10. The second-order valence-electron chi connectivity index (χ2n) is 4.61. The molecule has 0 fully saturated rings. The van der Waals surface area contributed by atoms with E-state index >= 15 is 0 Å². The van der Waals surface area contributed by atoms with E-state index in [2.05, 4.69) is 24.0 Å². The number of aryl methyl sites for hydroxylation is 1. The summed E-state index contributed by atoms with van der Waals surface area (Å²) in [6, 6.07) is 4.26. The van der Waals surface area contributed by atoms with Crippen LogP contribution in [0.2, 0.25) is 0 Å². The second kappa shape index (κ2) is 4.71. The van der Waals surface area contributed by atoms with Crippen molar-refractivity contribution >= 4 is 0 Å². The van der Waals surface area contributed by atoms with Crippen LogP contribution >= 0.6 is 0 Å². The van der Waals surface area contributed by atoms with Crippen LogP contribution in [0.4, 0.5) is 0 Å². The summed E-state index contributed by atoms with van der Waals surface area (Å²) in [4.78, 5) is 0. The van der Waals surface area contributed by atoms with Crippen molar-refractivity contribution in [3.8, 4) is 0 Å². The average Bonchev–Trinajstić information content (AvgIpc) is 2.86. The Bertz CT molecular complexity index is 483. The third-order valence-electron chi connectivity index (χ3n) is 2.74. The summed E-state index contributed by atoms with van der Waals surface area (Å²) < 4.78 is 3.71. The summed E-state index contributed by atoms with van der Waals surface area (Å²) >= 11 is 0. The maximum absolute atomic E-state index is 6.10. The van der Waals surface area contributed by atoms with Gasteiger partial charge in [0.2, 0.25) is 0 Å². The van der Waals surface area contributed by atoms with Crippen molar-refractivity contribution in [3.63, 3.8) is 0 Å². The molecular formula is C12H19N5. The topological polar surface area (TPSA) is 61.7 Å². The van der Waals surface area contributed by atoms with Crippen LogP contribution in [-0.2, 0) is 13.5 Å². The van der Waals surface area contributed by atoms with Crippen LogP contribution in [0.3, 0.4) is 0 Å². The minimum absolute atomic E-state index is 0.0910. The third kappa shape index (κ3) is 2.74. The number of hydrogen-bond acceptors (Lipinski definition) is 3. The van der Waals surface area contributed by atoms with E-state index < -0.39 is 0 Å². The van der Waals surface area contributed by atoms with Gasteiger partial charge in [0.15, 0.2) is 0 Å². The number of hydrogen-bond donors (Lipinski definition) is 1. The number of rotatable bonds is 4. The van der Waals surface area contributed by atoms with Gasteiger partial charge in [0.25, 0.3) is 0 Å². The highest BCUT2D eigenvalue weighted by Gasteiger charge is 2.12. The fourth-order valence-corrected chi connectivity index (χ4v) is 1.73. The lowest BCUT2D eigenvalue weighted by molar-refractivity contribution is 0.521. The van der Waals surface area contributed by atoms with E-state index in [-0.39, 0.29) is 6.04 Å². The lowest BCUT2D eigenvalue weighted by Gasteiger charge is -2.07. The fourth-order valence-electron chi connectivity index (χ4n) is 1.73. The van der Waals surface area contributed by atoms with Gasteiger partial charge in [-0.25, -0.2) is 0 Å². The summed E-state index contributed by atoms with van der Waals surface area (Å²) in [6.07, 6.45) is 4.61. The van der Waals surface area contributed by atoms with Crippen LogP contribution in [0.1, 0.15) is 37.3 Å². The van der Waals surface area contributed by atoms with E-state index in [0.717, 1.165) is 17.8 Å². The van der Waals surface area contributed by atoms with E-state index in [0.29, 0.717) is 6.04 Å². The molecule has 0 radical (unpaired) electrons. The quantitative estimate of drug-likeness (QED) is 0.869. The molecule has 5 nitrogen and oxygen atoms in total. The standard InChI is InChI=1S/C12H19N5/c1-9(2)17-7-4-10(14-17)8-11(13)12-5-6-16(3)15-12/h4-7,9,11H,8,13H2,1-3H3. The fraction of sp³-hybridized carbons (Fsp3) is 0.500. The molecule has 0 aliphatic carbocycles. The highest BCUT2D eigenvalue weighted by Crippen LogP contribution is 2.13. The molecular weight excluding hydrogens is 214 g/mol. The van der Waals surface area contributed by atoms with Crippen LogP contribution < -0.4 is 5.73 Å². The van der Waals surface area contributed by atoms with Gasteiger partial charge in [0.1, 0.15) is 0 Å². The van der Waals surface area contributed by atoms with Crippen LogP contribution in [-0.4, -0.2) is 19.6 Å². The Morgan fingerprint density at radius 3 is 2.53 bits per heavy atom. The van der Waals surface area contributed by atoms with E-state index in [1.54, 1.807) is 4.68 Å². The van der Waals surface area contributed by atoms with E-state index in [4.69, 9.17) is 5.73 Å². The molecule has 0 aliphatic heterocycles. The Labute approximate surface area is 101 Å². The molecule has 0 aliphatic rings. The molecule has 1 unspecified atom stereocenters. The van der Waals surface area contributed by atoms with E-state index in [1.165, 1.54) is 0 Å². The Kier molecular flexibility index (Phi) is 3.28. The molecule has 0 saturated heterocycles. The van der Waals surface area contributed by atoms with Gasteiger partial charge in [0.05, 0.1) is 17.4 Å². The Morgan fingerprint density at radius 1 is 1.24 bits per heavy atom. The number of aromatic nitrogens is 4. The number of nitrogens with zero attached hydrogens (tertiary/aromatic N) is 4. The minimum Gasteiger partial charge on any atom is -0.322 e. The molecule has 17 heavy (non-hydrogen) atoms. The SMILES string of the molecule is CC(C)n1ccc(CC(N)c2ccn(C)n2)n1. The van der Waals surface area contributed by atoms with Gasteiger partial charge in [-0.1, -0.05) is 0 Å². The zero-order valence-electron chi connectivity index (χ0n) is 10.5. The predicted molar refractivity (Wildman–Crippen MR) is 66.5 cm³/mol. The largest absolute Gasteiger partial charge is 0.322 e. The monoisotopic (exact) mass is 233 g/mol. The van der Waals surface area contributed by atoms with Crippen LogP contribution in [0.25, 0.3) is 0 Å². The Hall–Kier alpha value is -1.62. The van der Waals surface area contributed by atoms with Crippen LogP contribution in [0, 0.1) is 0 Å². The molecule has 0 spiro atoms. The number of nitrogens with two attached hydrogens (primary N) is 1. The first-order valence-corrected chi connectivity index (χ1v) is 5.85. The highest BCUT2D eigenvalue weighted by atomic mass is 15.3. The molecule has 2 aromatic rings. The van der Waals surface area contributed by atoms with Crippen molar-refractivity contribution in [1.82, 2.24) is 19.6 Å². The van der Waals surface area contributed by atoms with Crippen molar-refractivity contribution in [2.45, 2.75) is 32.4 Å². The summed E-state index contributed by atoms with van der Waals surface area (Å²) in [7, 11) is 1.89. The van der Waals surface area contributed by atoms with Crippen molar-refractivity contribution < 1.29 is 0 Å². The molecule has 92 valence electrons. The first-order valence-electron chi connectivity index (χ1n) is 5.85. The summed E-state index contributed by atoms with van der Waals surface area (Å²) in [6.45, 7) is 4.21. The minimum atomic E-state index is -0.0910. The van der Waals surface area contributed by atoms with Gasteiger partial charge in [0, 0.05) is 31.9 Å². The van der Waals surface area contributed by atoms with Gasteiger partial charge >= 0.3 is 0 Å². The molecule has 0 saturated carbocycles. The van der Waals surface area contributed by atoms with Gasteiger partial charge in [-0.2, -0.15) is 10.2 Å². The molecule has 2 N–H and O–H groups in total. The molecule has 1 atom stereocenters. The molecule has 2 rings (SSSR count). The zero-order valence-corrected chi connectivity index (χ0v) is 10.5. The van der Waals surface area contributed by atoms with Crippen LogP contribution in [0.5, 0.6) is 0 Å². The van der Waals surface area contributed by atoms with Gasteiger partial charge in [-0.3, -0.25) is 9.36 Å². The first-order chi connectivity index (χ1) is 8.06. The van der Waals surface area contributed by atoms with E-state index in [1.807, 2.05) is 36.3 Å². The lowest BCUT2D eigenvalue weighted by Crippen LogP contribution is -2.15. The molecule has 0 amide bonds. The second-order valence-corrected chi connectivity index (χ2v) is 4.61. The Morgan fingerprint density at radius 2 is 2.00 bits per heavy atom. The van der Waals surface area contributed by atoms with E-state index in [9.17, 15) is 0 Å². The third-order valence-corrected chi connectivity index (χ3v) is 2.74. The normalized spacial score (nSPS) is 13.2.